The number of carboxylic acid groups (broad SMARTS) is 1. The largest absolute Gasteiger partial charge is 0.477 e. The minimum Gasteiger partial charge on any atom is -0.477 e. The SMILES string of the molecule is CNC(=O)c1ccsc1C1=C(C(=O)O)N2C(=O)[C@H]([C@@H](C)O)[C@H]2C1. The summed E-state index contributed by atoms with van der Waals surface area (Å²) in [6.45, 7) is 1.53. The molecule has 0 spiro atoms. The highest BCUT2D eigenvalue weighted by Gasteiger charge is 2.57. The van der Waals surface area contributed by atoms with Crippen LogP contribution in [0.1, 0.15) is 28.6 Å². The van der Waals surface area contributed by atoms with Crippen molar-refractivity contribution in [2.45, 2.75) is 25.5 Å². The molecular weight excluding hydrogens is 320 g/mol. The van der Waals surface area contributed by atoms with Gasteiger partial charge < -0.3 is 20.4 Å². The summed E-state index contributed by atoms with van der Waals surface area (Å²) < 4.78 is 0. The summed E-state index contributed by atoms with van der Waals surface area (Å²) in [5, 5.41) is 23.5. The highest BCUT2D eigenvalue weighted by Crippen LogP contribution is 2.48. The third-order valence-electron chi connectivity index (χ3n) is 4.34. The molecule has 1 aromatic heterocycles. The van der Waals surface area contributed by atoms with Crippen molar-refractivity contribution in [3.63, 3.8) is 0 Å². The van der Waals surface area contributed by atoms with Gasteiger partial charge in [-0.1, -0.05) is 0 Å². The molecule has 122 valence electrons. The molecule has 0 radical (unpaired) electrons. The second-order valence-corrected chi connectivity index (χ2v) is 6.54. The van der Waals surface area contributed by atoms with Crippen LogP contribution in [0, 0.1) is 5.92 Å². The van der Waals surface area contributed by atoms with Crippen LogP contribution in [-0.4, -0.2) is 52.1 Å². The predicted octanol–water partition coefficient (Wildman–Crippen LogP) is 0.515. The molecule has 2 aliphatic rings. The van der Waals surface area contributed by atoms with Gasteiger partial charge in [-0.15, -0.1) is 11.3 Å². The quantitative estimate of drug-likeness (QED) is 0.695. The molecule has 3 rings (SSSR count). The minimum atomic E-state index is -1.20. The van der Waals surface area contributed by atoms with E-state index in [9.17, 15) is 24.6 Å². The van der Waals surface area contributed by atoms with E-state index in [4.69, 9.17) is 0 Å². The van der Waals surface area contributed by atoms with E-state index in [1.807, 2.05) is 0 Å². The van der Waals surface area contributed by atoms with E-state index >= 15 is 0 Å². The summed E-state index contributed by atoms with van der Waals surface area (Å²) in [6, 6.07) is 1.28. The first kappa shape index (κ1) is 15.7. The zero-order chi connectivity index (χ0) is 16.9. The number of thiophene rings is 1. The molecule has 7 nitrogen and oxygen atoms in total. The second kappa shape index (κ2) is 5.47. The number of nitrogens with one attached hydrogen (secondary N) is 1. The predicted molar refractivity (Wildman–Crippen MR) is 82.7 cm³/mol. The monoisotopic (exact) mass is 336 g/mol. The number of carboxylic acids is 1. The zero-order valence-electron chi connectivity index (χ0n) is 12.6. The number of carbonyl (C=O) groups excluding carboxylic acids is 2. The van der Waals surface area contributed by atoms with E-state index in [-0.39, 0.29) is 23.6 Å². The van der Waals surface area contributed by atoms with Crippen LogP contribution in [-0.2, 0) is 9.59 Å². The van der Waals surface area contributed by atoms with E-state index in [2.05, 4.69) is 5.32 Å². The van der Waals surface area contributed by atoms with Crippen molar-refractivity contribution in [2.24, 2.45) is 5.92 Å². The Kier molecular flexibility index (Phi) is 3.73. The standard InChI is InChI=1S/C15H16N2O5S/c1-6(18)10-9-5-8(11(15(21)22)17(9)14(10)20)12-7(3-4-23-12)13(19)16-2/h3-4,6,9-10,18H,5H2,1-2H3,(H,16,19)(H,21,22)/t6-,9-,10-/m1/s1. The average molecular weight is 336 g/mol. The van der Waals surface area contributed by atoms with Gasteiger partial charge in [-0.2, -0.15) is 0 Å². The van der Waals surface area contributed by atoms with Crippen LogP contribution in [0.5, 0.6) is 0 Å². The van der Waals surface area contributed by atoms with Gasteiger partial charge in [-0.3, -0.25) is 9.59 Å². The Hall–Kier alpha value is -2.19. The molecule has 2 amide bonds. The summed E-state index contributed by atoms with van der Waals surface area (Å²) in [5.41, 5.74) is 0.798. The number of nitrogens with zero attached hydrogens (tertiary/aromatic N) is 1. The lowest BCUT2D eigenvalue weighted by molar-refractivity contribution is -0.161. The molecule has 0 bridgehead atoms. The van der Waals surface area contributed by atoms with Crippen LogP contribution in [0.3, 0.4) is 0 Å². The van der Waals surface area contributed by atoms with Gasteiger partial charge in [-0.25, -0.2) is 4.79 Å². The number of hydrogen-bond donors (Lipinski definition) is 3. The normalized spacial score (nSPS) is 24.3. The van der Waals surface area contributed by atoms with Gasteiger partial charge in [0.1, 0.15) is 5.70 Å². The van der Waals surface area contributed by atoms with Crippen molar-refractivity contribution in [1.82, 2.24) is 10.2 Å². The van der Waals surface area contributed by atoms with Crippen molar-refractivity contribution in [2.75, 3.05) is 7.05 Å². The maximum atomic E-state index is 12.2. The zero-order valence-corrected chi connectivity index (χ0v) is 13.4. The van der Waals surface area contributed by atoms with Crippen LogP contribution in [0.4, 0.5) is 0 Å². The Labute approximate surface area is 136 Å². The fourth-order valence-electron chi connectivity index (χ4n) is 3.33. The molecule has 23 heavy (non-hydrogen) atoms. The molecule has 0 aliphatic carbocycles. The fourth-order valence-corrected chi connectivity index (χ4v) is 4.28. The Balaban J connectivity index is 2.06. The molecule has 1 fully saturated rings. The lowest BCUT2D eigenvalue weighted by atomic mass is 9.83. The van der Waals surface area contributed by atoms with Crippen LogP contribution < -0.4 is 5.32 Å². The van der Waals surface area contributed by atoms with Crippen molar-refractivity contribution in [3.8, 4) is 0 Å². The topological polar surface area (TPSA) is 107 Å². The maximum Gasteiger partial charge on any atom is 0.352 e. The average Bonchev–Trinajstić information content (AvgIpc) is 3.07. The molecule has 3 N–H and O–H groups in total. The van der Waals surface area contributed by atoms with Gasteiger partial charge in [0.25, 0.3) is 5.91 Å². The van der Waals surface area contributed by atoms with Crippen molar-refractivity contribution in [3.05, 3.63) is 27.6 Å². The fraction of sp³-hybridized carbons (Fsp3) is 0.400. The van der Waals surface area contributed by atoms with Crippen molar-refractivity contribution in [1.29, 1.82) is 0 Å². The Bertz CT molecular complexity index is 736. The molecule has 0 unspecified atom stereocenters. The van der Waals surface area contributed by atoms with Crippen molar-refractivity contribution >= 4 is 34.7 Å². The molecular formula is C15H16N2O5S. The van der Waals surface area contributed by atoms with E-state index in [1.54, 1.807) is 11.4 Å². The van der Waals surface area contributed by atoms with E-state index in [1.165, 1.54) is 30.2 Å². The van der Waals surface area contributed by atoms with Gasteiger partial charge in [0.2, 0.25) is 5.91 Å². The Morgan fingerprint density at radius 2 is 2.17 bits per heavy atom. The molecule has 2 aliphatic heterocycles. The van der Waals surface area contributed by atoms with Crippen LogP contribution >= 0.6 is 11.3 Å². The molecule has 1 aromatic rings. The highest BCUT2D eigenvalue weighted by molar-refractivity contribution is 7.11. The molecule has 0 saturated carbocycles. The summed E-state index contributed by atoms with van der Waals surface area (Å²) in [7, 11) is 1.51. The number of aliphatic carboxylic acids is 1. The van der Waals surface area contributed by atoms with Crippen LogP contribution in [0.15, 0.2) is 17.1 Å². The Morgan fingerprint density at radius 1 is 1.48 bits per heavy atom. The number of fused-ring (bicyclic) bond motifs is 1. The third kappa shape index (κ3) is 2.17. The molecule has 3 atom stereocenters. The second-order valence-electron chi connectivity index (χ2n) is 5.62. The number of β-lactam (4-membered cyclic amide) rings is 1. The number of amides is 2. The minimum absolute atomic E-state index is 0.0792. The number of aliphatic hydroxyl groups is 1. The first-order valence-corrected chi connectivity index (χ1v) is 8.04. The molecule has 1 saturated heterocycles. The first-order chi connectivity index (χ1) is 10.9. The van der Waals surface area contributed by atoms with Gasteiger partial charge in [0.15, 0.2) is 0 Å². The molecule has 0 aromatic carbocycles. The molecule has 8 heteroatoms. The summed E-state index contributed by atoms with van der Waals surface area (Å²) >= 11 is 1.27. The maximum absolute atomic E-state index is 12.2. The Morgan fingerprint density at radius 3 is 2.74 bits per heavy atom. The number of aliphatic hydroxyl groups excluding tert-OH is 1. The van der Waals surface area contributed by atoms with Gasteiger partial charge >= 0.3 is 5.97 Å². The lowest BCUT2D eigenvalue weighted by Crippen LogP contribution is -2.61. The van der Waals surface area contributed by atoms with Crippen LogP contribution in [0.2, 0.25) is 0 Å². The van der Waals surface area contributed by atoms with E-state index < -0.39 is 18.0 Å². The van der Waals surface area contributed by atoms with Crippen molar-refractivity contribution < 1.29 is 24.6 Å². The molecule has 3 heterocycles. The lowest BCUT2D eigenvalue weighted by Gasteiger charge is -2.44. The number of carbonyl (C=O) groups is 3. The van der Waals surface area contributed by atoms with Crippen LogP contribution in [0.25, 0.3) is 5.57 Å². The van der Waals surface area contributed by atoms with Gasteiger partial charge in [-0.05, 0) is 24.8 Å². The van der Waals surface area contributed by atoms with Gasteiger partial charge in [0.05, 0.1) is 23.6 Å². The smallest absolute Gasteiger partial charge is 0.352 e. The first-order valence-electron chi connectivity index (χ1n) is 7.16. The third-order valence-corrected chi connectivity index (χ3v) is 5.32. The summed E-state index contributed by atoms with van der Waals surface area (Å²) in [4.78, 5) is 37.6. The summed E-state index contributed by atoms with van der Waals surface area (Å²) in [6.07, 6.45) is -0.507. The highest BCUT2D eigenvalue weighted by atomic mass is 32.1. The number of rotatable bonds is 4. The number of hydrogen-bond acceptors (Lipinski definition) is 5. The summed E-state index contributed by atoms with van der Waals surface area (Å²) in [5.74, 6) is -2.47. The van der Waals surface area contributed by atoms with Gasteiger partial charge in [0, 0.05) is 17.5 Å². The van der Waals surface area contributed by atoms with E-state index in [0.717, 1.165) is 0 Å². The van der Waals surface area contributed by atoms with E-state index in [0.29, 0.717) is 22.4 Å².